The number of aromatic nitrogens is 2. The van der Waals surface area contributed by atoms with Gasteiger partial charge in [0, 0.05) is 35.8 Å². The van der Waals surface area contributed by atoms with Crippen LogP contribution in [0.2, 0.25) is 0 Å². The Hall–Kier alpha value is -2.62. The summed E-state index contributed by atoms with van der Waals surface area (Å²) in [5.74, 6) is 3.57. The molecule has 2 aromatic rings. The molecule has 0 saturated carbocycles. The molecule has 0 bridgehead atoms. The predicted molar refractivity (Wildman–Crippen MR) is 114 cm³/mol. The maximum absolute atomic E-state index is 10.5. The fraction of sp³-hybridized carbons (Fsp3) is 0.478. The van der Waals surface area contributed by atoms with Gasteiger partial charge in [0.2, 0.25) is 0 Å². The van der Waals surface area contributed by atoms with Gasteiger partial charge in [0.05, 0.1) is 6.61 Å². The van der Waals surface area contributed by atoms with Gasteiger partial charge in [-0.25, -0.2) is 0 Å². The third-order valence-electron chi connectivity index (χ3n) is 5.97. The highest BCUT2D eigenvalue weighted by atomic mass is 16.3. The summed E-state index contributed by atoms with van der Waals surface area (Å²) in [4.78, 5) is 2.29. The van der Waals surface area contributed by atoms with Crippen LogP contribution in [0.1, 0.15) is 42.4 Å². The van der Waals surface area contributed by atoms with Crippen molar-refractivity contribution in [1.29, 1.82) is 0 Å². The number of aliphatic hydroxyl groups is 1. The smallest absolute Gasteiger partial charge is 0.152 e. The first-order chi connectivity index (χ1) is 14.2. The van der Waals surface area contributed by atoms with Crippen LogP contribution in [0.4, 0.5) is 5.82 Å². The van der Waals surface area contributed by atoms with Gasteiger partial charge in [-0.1, -0.05) is 5.92 Å². The maximum Gasteiger partial charge on any atom is 0.152 e. The Morgan fingerprint density at radius 1 is 1.17 bits per heavy atom. The van der Waals surface area contributed by atoms with E-state index in [4.69, 9.17) is 6.42 Å². The van der Waals surface area contributed by atoms with E-state index in [2.05, 4.69) is 26.3 Å². The van der Waals surface area contributed by atoms with Crippen LogP contribution in [0.5, 0.6) is 5.75 Å². The molecule has 3 N–H and O–H groups in total. The van der Waals surface area contributed by atoms with Crippen LogP contribution < -0.4 is 5.32 Å². The molecule has 6 heteroatoms. The average Bonchev–Trinajstić information content (AvgIpc) is 2.75. The fourth-order valence-corrected chi connectivity index (χ4v) is 4.51. The van der Waals surface area contributed by atoms with Gasteiger partial charge in [0.1, 0.15) is 11.4 Å². The van der Waals surface area contributed by atoms with E-state index in [1.807, 2.05) is 12.1 Å². The lowest BCUT2D eigenvalue weighted by atomic mass is 9.88. The normalized spacial score (nSPS) is 19.4. The molecule has 1 aromatic carbocycles. The Bertz CT molecular complexity index is 920. The van der Waals surface area contributed by atoms with E-state index in [9.17, 15) is 10.2 Å². The third-order valence-corrected chi connectivity index (χ3v) is 5.97. The number of rotatable bonds is 5. The second kappa shape index (κ2) is 8.81. The van der Waals surface area contributed by atoms with Crippen molar-refractivity contribution in [3.8, 4) is 29.4 Å². The minimum absolute atomic E-state index is 0.148. The standard InChI is InChI=1S/C23H28N4O2/c1-2-16-9-10-20(21(29)14-16)22-18-7-3-4-8-19(18)23(26-25-22)24-17-6-5-11-27(15-17)12-13-28/h1,9-10,14,17,28-29H,3-8,11-13,15H2,(H,24,26)/t17-/m1/s1. The molecule has 1 fully saturated rings. The molecular weight excluding hydrogens is 364 g/mol. The first kappa shape index (κ1) is 19.7. The average molecular weight is 393 g/mol. The predicted octanol–water partition coefficient (Wildman–Crippen LogP) is 2.58. The van der Waals surface area contributed by atoms with Crippen LogP contribution in [0.25, 0.3) is 11.3 Å². The Morgan fingerprint density at radius 3 is 2.76 bits per heavy atom. The molecule has 29 heavy (non-hydrogen) atoms. The summed E-state index contributed by atoms with van der Waals surface area (Å²) in [6.07, 6.45) is 11.8. The highest BCUT2D eigenvalue weighted by Crippen LogP contribution is 2.37. The summed E-state index contributed by atoms with van der Waals surface area (Å²) in [6, 6.07) is 5.58. The Balaban J connectivity index is 1.64. The molecule has 2 aliphatic rings. The SMILES string of the molecule is C#Cc1ccc(-c2nnc(N[C@@H]3CCCN(CCO)C3)c3c2CCCC3)c(O)c1. The van der Waals surface area contributed by atoms with E-state index in [1.165, 1.54) is 11.1 Å². The third kappa shape index (κ3) is 4.21. The van der Waals surface area contributed by atoms with E-state index in [0.29, 0.717) is 23.7 Å². The molecule has 1 aliphatic heterocycles. The number of nitrogens with zero attached hydrogens (tertiary/aromatic N) is 3. The summed E-state index contributed by atoms with van der Waals surface area (Å²) >= 11 is 0. The molecule has 2 heterocycles. The van der Waals surface area contributed by atoms with Crippen LogP contribution in [0, 0.1) is 12.3 Å². The second-order valence-electron chi connectivity index (χ2n) is 7.95. The van der Waals surface area contributed by atoms with Gasteiger partial charge in [-0.15, -0.1) is 16.6 Å². The monoisotopic (exact) mass is 392 g/mol. The molecule has 0 unspecified atom stereocenters. The number of likely N-dealkylation sites (tertiary alicyclic amines) is 1. The molecule has 152 valence electrons. The number of nitrogens with one attached hydrogen (secondary N) is 1. The van der Waals surface area contributed by atoms with E-state index >= 15 is 0 Å². The number of fused-ring (bicyclic) bond motifs is 1. The number of benzene rings is 1. The zero-order valence-corrected chi connectivity index (χ0v) is 16.7. The summed E-state index contributed by atoms with van der Waals surface area (Å²) < 4.78 is 0. The van der Waals surface area contributed by atoms with Crippen LogP contribution in [-0.4, -0.2) is 57.6 Å². The number of hydrogen-bond donors (Lipinski definition) is 3. The van der Waals surface area contributed by atoms with Gasteiger partial charge >= 0.3 is 0 Å². The lowest BCUT2D eigenvalue weighted by Crippen LogP contribution is -2.43. The van der Waals surface area contributed by atoms with Crippen LogP contribution in [0.3, 0.4) is 0 Å². The van der Waals surface area contributed by atoms with E-state index < -0.39 is 0 Å². The maximum atomic E-state index is 10.5. The molecule has 0 spiro atoms. The van der Waals surface area contributed by atoms with Crippen molar-refractivity contribution in [2.75, 3.05) is 31.6 Å². The number of aromatic hydroxyl groups is 1. The van der Waals surface area contributed by atoms with Crippen molar-refractivity contribution in [2.45, 2.75) is 44.6 Å². The first-order valence-electron chi connectivity index (χ1n) is 10.5. The lowest BCUT2D eigenvalue weighted by molar-refractivity contribution is 0.166. The topological polar surface area (TPSA) is 81.5 Å². The first-order valence-corrected chi connectivity index (χ1v) is 10.5. The molecular formula is C23H28N4O2. The van der Waals surface area contributed by atoms with Crippen LogP contribution >= 0.6 is 0 Å². The minimum Gasteiger partial charge on any atom is -0.507 e. The van der Waals surface area contributed by atoms with E-state index in [1.54, 1.807) is 6.07 Å². The number of phenolic OH excluding ortho intramolecular Hbond substituents is 1. The zero-order chi connectivity index (χ0) is 20.2. The summed E-state index contributed by atoms with van der Waals surface area (Å²) in [5.41, 5.74) is 4.50. The quantitative estimate of drug-likeness (QED) is 0.679. The number of anilines is 1. The molecule has 1 atom stereocenters. The summed E-state index contributed by atoms with van der Waals surface area (Å²) in [7, 11) is 0. The van der Waals surface area contributed by atoms with Gasteiger partial charge in [0.25, 0.3) is 0 Å². The minimum atomic E-state index is 0.148. The zero-order valence-electron chi connectivity index (χ0n) is 16.7. The Labute approximate surface area is 172 Å². The highest BCUT2D eigenvalue weighted by Gasteiger charge is 2.25. The number of aliphatic hydroxyl groups excluding tert-OH is 1. The Kier molecular flexibility index (Phi) is 5.98. The van der Waals surface area contributed by atoms with Crippen molar-refractivity contribution < 1.29 is 10.2 Å². The van der Waals surface area contributed by atoms with E-state index in [0.717, 1.165) is 63.1 Å². The van der Waals surface area contributed by atoms with Crippen molar-refractivity contribution in [1.82, 2.24) is 15.1 Å². The van der Waals surface area contributed by atoms with Crippen molar-refractivity contribution in [3.63, 3.8) is 0 Å². The van der Waals surface area contributed by atoms with Crippen molar-refractivity contribution in [3.05, 3.63) is 34.9 Å². The Morgan fingerprint density at radius 2 is 2.00 bits per heavy atom. The second-order valence-corrected chi connectivity index (χ2v) is 7.95. The van der Waals surface area contributed by atoms with Crippen molar-refractivity contribution >= 4 is 5.82 Å². The van der Waals surface area contributed by atoms with Crippen LogP contribution in [-0.2, 0) is 12.8 Å². The molecule has 4 rings (SSSR count). The number of β-amino-alcohol motifs (C(OH)–C–C–N with tert-alkyl or cyclic N) is 1. The molecule has 1 aromatic heterocycles. The molecule has 1 saturated heterocycles. The number of terminal acetylenes is 1. The fourth-order valence-electron chi connectivity index (χ4n) is 4.51. The van der Waals surface area contributed by atoms with E-state index in [-0.39, 0.29) is 12.4 Å². The summed E-state index contributed by atoms with van der Waals surface area (Å²) in [5, 5.41) is 32.4. The number of phenols is 1. The van der Waals surface area contributed by atoms with Gasteiger partial charge < -0.3 is 15.5 Å². The van der Waals surface area contributed by atoms with Crippen molar-refractivity contribution in [2.24, 2.45) is 0 Å². The number of piperidine rings is 1. The van der Waals surface area contributed by atoms with Gasteiger partial charge in [-0.05, 0) is 68.8 Å². The van der Waals surface area contributed by atoms with Gasteiger partial charge in [0.15, 0.2) is 5.82 Å². The summed E-state index contributed by atoms with van der Waals surface area (Å²) in [6.45, 7) is 2.86. The number of hydrogen-bond acceptors (Lipinski definition) is 6. The lowest BCUT2D eigenvalue weighted by Gasteiger charge is -2.33. The molecule has 0 amide bonds. The molecule has 0 radical (unpaired) electrons. The largest absolute Gasteiger partial charge is 0.507 e. The van der Waals surface area contributed by atoms with Crippen LogP contribution in [0.15, 0.2) is 18.2 Å². The van der Waals surface area contributed by atoms with Gasteiger partial charge in [-0.3, -0.25) is 4.90 Å². The highest BCUT2D eigenvalue weighted by molar-refractivity contribution is 5.73. The van der Waals surface area contributed by atoms with Gasteiger partial charge in [-0.2, -0.15) is 0 Å². The molecule has 1 aliphatic carbocycles. The molecule has 6 nitrogen and oxygen atoms in total.